The van der Waals surface area contributed by atoms with Crippen LogP contribution in [-0.4, -0.2) is 38.7 Å². The van der Waals surface area contributed by atoms with Crippen LogP contribution >= 0.6 is 0 Å². The average Bonchev–Trinajstić information content (AvgIpc) is 2.73. The molecule has 0 aliphatic carbocycles. The van der Waals surface area contributed by atoms with Gasteiger partial charge < -0.3 is 19.0 Å². The van der Waals surface area contributed by atoms with Gasteiger partial charge in [0.15, 0.2) is 8.32 Å². The number of hydrogen-bond acceptors (Lipinski definition) is 4. The molecule has 0 saturated carbocycles. The first-order chi connectivity index (χ1) is 15.4. The van der Waals surface area contributed by atoms with Crippen LogP contribution in [0.2, 0.25) is 18.1 Å². The number of carboxylic acid groups (broad SMARTS) is 1. The molecule has 0 saturated heterocycles. The molecule has 0 spiro atoms. The third-order valence-electron chi connectivity index (χ3n) is 6.34. The van der Waals surface area contributed by atoms with Crippen molar-refractivity contribution in [3.05, 3.63) is 54.1 Å². The van der Waals surface area contributed by atoms with E-state index < -0.39 is 14.3 Å². The average molecular weight is 477 g/mol. The summed E-state index contributed by atoms with van der Waals surface area (Å²) in [4.78, 5) is 11.4. The first-order valence-corrected chi connectivity index (χ1v) is 14.7. The van der Waals surface area contributed by atoms with Crippen LogP contribution in [0.1, 0.15) is 59.4 Å². The van der Waals surface area contributed by atoms with E-state index in [1.165, 1.54) is 0 Å². The second-order valence-corrected chi connectivity index (χ2v) is 14.9. The number of allylic oxidation sites excluding steroid dienone is 2. The predicted molar refractivity (Wildman–Crippen MR) is 138 cm³/mol. The van der Waals surface area contributed by atoms with Gasteiger partial charge in [0.1, 0.15) is 5.75 Å². The maximum atomic E-state index is 11.4. The van der Waals surface area contributed by atoms with E-state index in [0.717, 1.165) is 24.2 Å². The Morgan fingerprint density at radius 2 is 1.73 bits per heavy atom. The van der Waals surface area contributed by atoms with E-state index in [1.54, 1.807) is 7.11 Å². The quantitative estimate of drug-likeness (QED) is 0.231. The van der Waals surface area contributed by atoms with Crippen LogP contribution in [0.4, 0.5) is 0 Å². The molecule has 186 valence electrons. The summed E-state index contributed by atoms with van der Waals surface area (Å²) in [6, 6.07) is 7.63. The van der Waals surface area contributed by atoms with E-state index in [9.17, 15) is 9.90 Å². The zero-order valence-electron chi connectivity index (χ0n) is 21.8. The minimum atomic E-state index is -1.85. The van der Waals surface area contributed by atoms with Crippen molar-refractivity contribution in [2.24, 2.45) is 5.92 Å². The van der Waals surface area contributed by atoms with Gasteiger partial charge in [-0.15, -0.1) is 0 Å². The van der Waals surface area contributed by atoms with Gasteiger partial charge >= 0.3 is 5.97 Å². The predicted octanol–water partition coefficient (Wildman–Crippen LogP) is 6.99. The summed E-state index contributed by atoms with van der Waals surface area (Å²) in [6.07, 6.45) is 9.69. The molecular weight excluding hydrogens is 432 g/mol. The van der Waals surface area contributed by atoms with Gasteiger partial charge in [-0.25, -0.2) is 0 Å². The smallest absolute Gasteiger partial charge is 0.305 e. The lowest BCUT2D eigenvalue weighted by Crippen LogP contribution is -2.43. The lowest BCUT2D eigenvalue weighted by molar-refractivity contribution is -0.141. The number of ether oxygens (including phenoxy) is 2. The van der Waals surface area contributed by atoms with Crippen molar-refractivity contribution in [3.8, 4) is 5.75 Å². The lowest BCUT2D eigenvalue weighted by Gasteiger charge is -2.38. The second kappa shape index (κ2) is 13.7. The van der Waals surface area contributed by atoms with Gasteiger partial charge in [0.2, 0.25) is 0 Å². The zero-order valence-corrected chi connectivity index (χ0v) is 22.8. The number of hydrogen-bond donors (Lipinski definition) is 1. The SMILES string of the molecule is C/C=C/[C@@H](C/C=C/C[C@H](C)[C@H](CC(=O)O)OCc1ccc(OC)cc1)O[Si](C)(C)C(C)(C)C. The van der Waals surface area contributed by atoms with Crippen LogP contribution in [0.15, 0.2) is 48.6 Å². The largest absolute Gasteiger partial charge is 0.497 e. The zero-order chi connectivity index (χ0) is 25.1. The van der Waals surface area contributed by atoms with Gasteiger partial charge in [0, 0.05) is 0 Å². The molecule has 1 aromatic carbocycles. The number of benzene rings is 1. The van der Waals surface area contributed by atoms with Gasteiger partial charge in [0.05, 0.1) is 32.3 Å². The molecule has 0 fully saturated rings. The molecule has 0 heterocycles. The summed E-state index contributed by atoms with van der Waals surface area (Å²) >= 11 is 0. The third kappa shape index (κ3) is 10.7. The highest BCUT2D eigenvalue weighted by Gasteiger charge is 2.38. The molecule has 1 N–H and O–H groups in total. The fourth-order valence-corrected chi connectivity index (χ4v) is 4.44. The Hall–Kier alpha value is -1.89. The highest BCUT2D eigenvalue weighted by atomic mass is 28.4. The van der Waals surface area contributed by atoms with Crippen molar-refractivity contribution in [1.82, 2.24) is 0 Å². The topological polar surface area (TPSA) is 65.0 Å². The highest BCUT2D eigenvalue weighted by Crippen LogP contribution is 2.37. The van der Waals surface area contributed by atoms with Gasteiger partial charge in [-0.2, -0.15) is 0 Å². The number of carbonyl (C=O) groups is 1. The fraction of sp³-hybridized carbons (Fsp3) is 0.593. The van der Waals surface area contributed by atoms with Crippen LogP contribution in [0.5, 0.6) is 5.75 Å². The molecular formula is C27H44O5Si. The molecule has 1 aromatic rings. The molecule has 0 aliphatic heterocycles. The first kappa shape index (κ1) is 29.1. The summed E-state index contributed by atoms with van der Waals surface area (Å²) in [7, 11) is -0.222. The molecule has 0 aromatic heterocycles. The van der Waals surface area contributed by atoms with E-state index in [1.807, 2.05) is 44.2 Å². The molecule has 0 unspecified atom stereocenters. The summed E-state index contributed by atoms with van der Waals surface area (Å²) in [5, 5.41) is 9.50. The first-order valence-electron chi connectivity index (χ1n) is 11.8. The molecule has 6 heteroatoms. The van der Waals surface area contributed by atoms with Crippen LogP contribution < -0.4 is 4.74 Å². The van der Waals surface area contributed by atoms with Crippen LogP contribution in [0.25, 0.3) is 0 Å². The maximum Gasteiger partial charge on any atom is 0.305 e. The van der Waals surface area contributed by atoms with Gasteiger partial charge in [-0.1, -0.05) is 64.1 Å². The monoisotopic (exact) mass is 476 g/mol. The van der Waals surface area contributed by atoms with Crippen LogP contribution in [0.3, 0.4) is 0 Å². The Bertz CT molecular complexity index is 762. The second-order valence-electron chi connectivity index (χ2n) is 10.2. The van der Waals surface area contributed by atoms with Crippen molar-refractivity contribution in [2.45, 2.75) is 90.8 Å². The molecule has 3 atom stereocenters. The van der Waals surface area contributed by atoms with Crippen molar-refractivity contribution >= 4 is 14.3 Å². The van der Waals surface area contributed by atoms with Crippen molar-refractivity contribution in [1.29, 1.82) is 0 Å². The standard InChI is InChI=1S/C27H44O5Si/c1-9-12-24(32-33(7,8)27(3,4)5)14-11-10-13-21(2)25(19-26(28)29)31-20-22-15-17-23(30-6)18-16-22/h9-12,15-18,21,24-25H,13-14,19-20H2,1-8H3,(H,28,29)/b11-10+,12-9+/t21-,24-,25-/m0/s1. The molecule has 0 aliphatic rings. The number of rotatable bonds is 14. The van der Waals surface area contributed by atoms with E-state index in [4.69, 9.17) is 13.9 Å². The van der Waals surface area contributed by atoms with Gasteiger partial charge in [-0.3, -0.25) is 4.79 Å². The minimum Gasteiger partial charge on any atom is -0.497 e. The Morgan fingerprint density at radius 1 is 1.12 bits per heavy atom. The summed E-state index contributed by atoms with van der Waals surface area (Å²) in [6.45, 7) is 15.7. The highest BCUT2D eigenvalue weighted by molar-refractivity contribution is 6.74. The summed E-state index contributed by atoms with van der Waals surface area (Å²) < 4.78 is 17.7. The third-order valence-corrected chi connectivity index (χ3v) is 10.8. The Labute approximate surface area is 202 Å². The van der Waals surface area contributed by atoms with Gasteiger partial charge in [0.25, 0.3) is 0 Å². The van der Waals surface area contributed by atoms with E-state index in [2.05, 4.69) is 52.1 Å². The maximum absolute atomic E-state index is 11.4. The van der Waals surface area contributed by atoms with Crippen LogP contribution in [-0.2, 0) is 20.6 Å². The Morgan fingerprint density at radius 3 is 2.24 bits per heavy atom. The molecule has 1 rings (SSSR count). The van der Waals surface area contributed by atoms with Crippen molar-refractivity contribution in [3.63, 3.8) is 0 Å². The Balaban J connectivity index is 2.68. The van der Waals surface area contributed by atoms with E-state index >= 15 is 0 Å². The fourth-order valence-electron chi connectivity index (χ4n) is 3.15. The van der Waals surface area contributed by atoms with Crippen molar-refractivity contribution < 1.29 is 23.8 Å². The molecule has 0 amide bonds. The minimum absolute atomic E-state index is 0.0131. The van der Waals surface area contributed by atoms with Crippen molar-refractivity contribution in [2.75, 3.05) is 7.11 Å². The van der Waals surface area contributed by atoms with E-state index in [-0.39, 0.29) is 29.6 Å². The normalized spacial score (nSPS) is 15.6. The molecule has 5 nitrogen and oxygen atoms in total. The number of aliphatic carboxylic acids is 1. The summed E-state index contributed by atoms with van der Waals surface area (Å²) in [5.74, 6) is 0.0200. The summed E-state index contributed by atoms with van der Waals surface area (Å²) in [5.41, 5.74) is 0.992. The van der Waals surface area contributed by atoms with E-state index in [0.29, 0.717) is 6.61 Å². The number of carboxylic acids is 1. The number of methoxy groups -OCH3 is 1. The van der Waals surface area contributed by atoms with Crippen LogP contribution in [0, 0.1) is 5.92 Å². The molecule has 33 heavy (non-hydrogen) atoms. The Kier molecular flexibility index (Phi) is 12.1. The lowest BCUT2D eigenvalue weighted by atomic mass is 9.97. The van der Waals surface area contributed by atoms with Gasteiger partial charge in [-0.05, 0) is 61.5 Å². The molecule has 0 radical (unpaired) electrons. The molecule has 0 bridgehead atoms.